The monoisotopic (exact) mass is 319 g/mol. The molecule has 0 spiro atoms. The first kappa shape index (κ1) is 14.3. The molecule has 0 amide bonds. The van der Waals surface area contributed by atoms with Crippen molar-refractivity contribution in [2.45, 2.75) is 30.3 Å². The molecule has 2 aliphatic rings. The summed E-state index contributed by atoms with van der Waals surface area (Å²) in [6.45, 7) is 0.0182. The van der Waals surface area contributed by atoms with E-state index in [2.05, 4.69) is 9.71 Å². The van der Waals surface area contributed by atoms with Gasteiger partial charge in [-0.25, -0.2) is 18.1 Å². The number of aliphatic hydroxyl groups is 1. The summed E-state index contributed by atoms with van der Waals surface area (Å²) in [7, 11) is -2.10. The minimum absolute atomic E-state index is 0.00557. The molecule has 6 nitrogen and oxygen atoms in total. The third kappa shape index (κ3) is 2.16. The lowest BCUT2D eigenvalue weighted by atomic mass is 9.86. The van der Waals surface area contributed by atoms with Crippen molar-refractivity contribution in [3.8, 4) is 0 Å². The zero-order valence-electron chi connectivity index (χ0n) is 11.2. The van der Waals surface area contributed by atoms with Crippen LogP contribution in [0.4, 0.5) is 0 Å². The van der Waals surface area contributed by atoms with E-state index in [1.54, 1.807) is 7.05 Å². The van der Waals surface area contributed by atoms with E-state index in [9.17, 15) is 13.5 Å². The second-order valence-corrected chi connectivity index (χ2v) is 7.77. The van der Waals surface area contributed by atoms with Crippen LogP contribution in [0.2, 0.25) is 5.15 Å². The maximum Gasteiger partial charge on any atom is 0.261 e. The minimum atomic E-state index is -3.74. The van der Waals surface area contributed by atoms with Crippen LogP contribution < -0.4 is 4.72 Å². The molecule has 112 valence electrons. The summed E-state index contributed by atoms with van der Waals surface area (Å²) in [5.41, 5.74) is 0. The molecule has 8 heteroatoms. The Morgan fingerprint density at radius 1 is 1.50 bits per heavy atom. The number of nitrogens with zero attached hydrogens (tertiary/aromatic N) is 2. The molecule has 0 radical (unpaired) electrons. The largest absolute Gasteiger partial charge is 0.396 e. The summed E-state index contributed by atoms with van der Waals surface area (Å²) in [6.07, 6.45) is 4.47. The van der Waals surface area contributed by atoms with E-state index in [0.29, 0.717) is 11.8 Å². The summed E-state index contributed by atoms with van der Waals surface area (Å²) in [5.74, 6) is 0.748. The van der Waals surface area contributed by atoms with Crippen molar-refractivity contribution in [3.05, 3.63) is 11.5 Å². The van der Waals surface area contributed by atoms with Crippen LogP contribution in [0.25, 0.3) is 0 Å². The van der Waals surface area contributed by atoms with Crippen molar-refractivity contribution >= 4 is 21.6 Å². The molecule has 0 saturated heterocycles. The van der Waals surface area contributed by atoms with Crippen LogP contribution in [0.1, 0.15) is 19.3 Å². The highest BCUT2D eigenvalue weighted by Gasteiger charge is 2.48. The van der Waals surface area contributed by atoms with Crippen molar-refractivity contribution in [1.82, 2.24) is 14.3 Å². The molecule has 4 atom stereocenters. The number of aryl methyl sites for hydroxylation is 1. The number of nitrogens with one attached hydrogen (secondary N) is 1. The lowest BCUT2D eigenvalue weighted by Gasteiger charge is -2.29. The van der Waals surface area contributed by atoms with Gasteiger partial charge in [0.25, 0.3) is 10.0 Å². The van der Waals surface area contributed by atoms with Gasteiger partial charge in [0.05, 0.1) is 6.33 Å². The van der Waals surface area contributed by atoms with E-state index in [4.69, 9.17) is 11.6 Å². The Bertz CT molecular complexity index is 615. The number of hydrogen-bond acceptors (Lipinski definition) is 4. The van der Waals surface area contributed by atoms with E-state index in [-0.39, 0.29) is 28.7 Å². The van der Waals surface area contributed by atoms with Gasteiger partial charge < -0.3 is 9.67 Å². The molecule has 1 aromatic rings. The fraction of sp³-hybridized carbons (Fsp3) is 0.750. The normalized spacial score (nSPS) is 33.0. The van der Waals surface area contributed by atoms with Gasteiger partial charge in [-0.3, -0.25) is 0 Å². The van der Waals surface area contributed by atoms with Crippen LogP contribution in [-0.4, -0.2) is 35.7 Å². The maximum absolute atomic E-state index is 12.4. The molecular weight excluding hydrogens is 302 g/mol. The number of sulfonamides is 1. The number of rotatable bonds is 4. The summed E-state index contributed by atoms with van der Waals surface area (Å²) in [6, 6.07) is -0.207. The lowest BCUT2D eigenvalue weighted by molar-refractivity contribution is 0.153. The van der Waals surface area contributed by atoms with Crippen LogP contribution >= 0.6 is 11.6 Å². The molecule has 1 heterocycles. The average molecular weight is 320 g/mol. The van der Waals surface area contributed by atoms with E-state index >= 15 is 0 Å². The van der Waals surface area contributed by atoms with Crippen molar-refractivity contribution in [2.75, 3.05) is 6.61 Å². The van der Waals surface area contributed by atoms with Gasteiger partial charge in [-0.15, -0.1) is 0 Å². The Balaban J connectivity index is 1.85. The van der Waals surface area contributed by atoms with Gasteiger partial charge in [-0.2, -0.15) is 0 Å². The molecule has 4 unspecified atom stereocenters. The van der Waals surface area contributed by atoms with Crippen LogP contribution in [0.5, 0.6) is 0 Å². The molecule has 2 aliphatic carbocycles. The molecule has 20 heavy (non-hydrogen) atoms. The lowest BCUT2D eigenvalue weighted by Crippen LogP contribution is -2.45. The van der Waals surface area contributed by atoms with E-state index in [0.717, 1.165) is 19.3 Å². The first-order valence-corrected chi connectivity index (χ1v) is 8.60. The third-order valence-electron chi connectivity index (χ3n) is 4.68. The van der Waals surface area contributed by atoms with E-state index in [1.807, 2.05) is 0 Å². The number of fused-ring (bicyclic) bond motifs is 2. The average Bonchev–Trinajstić information content (AvgIpc) is 3.06. The zero-order valence-corrected chi connectivity index (χ0v) is 12.7. The van der Waals surface area contributed by atoms with Crippen LogP contribution in [0.15, 0.2) is 11.4 Å². The summed E-state index contributed by atoms with van der Waals surface area (Å²) in [5, 5.41) is 9.46. The number of aromatic nitrogens is 2. The first-order valence-electron chi connectivity index (χ1n) is 6.74. The van der Waals surface area contributed by atoms with Gasteiger partial charge in [0.1, 0.15) is 5.15 Å². The van der Waals surface area contributed by atoms with Gasteiger partial charge in [0.2, 0.25) is 5.03 Å². The Kier molecular flexibility index (Phi) is 3.56. The van der Waals surface area contributed by atoms with Gasteiger partial charge in [-0.1, -0.05) is 11.6 Å². The maximum atomic E-state index is 12.4. The van der Waals surface area contributed by atoms with Crippen molar-refractivity contribution < 1.29 is 13.5 Å². The van der Waals surface area contributed by atoms with Crippen LogP contribution in [-0.2, 0) is 17.1 Å². The van der Waals surface area contributed by atoms with Gasteiger partial charge in [-0.05, 0) is 31.1 Å². The predicted molar refractivity (Wildman–Crippen MR) is 73.7 cm³/mol. The molecule has 0 aliphatic heterocycles. The number of halogens is 1. The van der Waals surface area contributed by atoms with Gasteiger partial charge in [0, 0.05) is 25.6 Å². The number of imidazole rings is 1. The first-order chi connectivity index (χ1) is 9.44. The fourth-order valence-electron chi connectivity index (χ4n) is 3.67. The molecule has 2 bridgehead atoms. The van der Waals surface area contributed by atoms with Crippen LogP contribution in [0, 0.1) is 17.8 Å². The van der Waals surface area contributed by atoms with E-state index in [1.165, 1.54) is 10.9 Å². The smallest absolute Gasteiger partial charge is 0.261 e. The van der Waals surface area contributed by atoms with Crippen molar-refractivity contribution in [2.24, 2.45) is 24.8 Å². The summed E-state index contributed by atoms with van der Waals surface area (Å²) >= 11 is 5.96. The Labute approximate surface area is 123 Å². The van der Waals surface area contributed by atoms with Gasteiger partial charge in [0.15, 0.2) is 0 Å². The highest BCUT2D eigenvalue weighted by molar-refractivity contribution is 7.89. The zero-order chi connectivity index (χ0) is 14.5. The second-order valence-electron chi connectivity index (χ2n) is 5.78. The molecule has 2 saturated carbocycles. The summed E-state index contributed by atoms with van der Waals surface area (Å²) < 4.78 is 29.0. The molecule has 2 fully saturated rings. The predicted octanol–water partition coefficient (Wildman–Crippen LogP) is 0.759. The quantitative estimate of drug-likeness (QED) is 0.858. The fourth-order valence-corrected chi connectivity index (χ4v) is 5.45. The topological polar surface area (TPSA) is 84.2 Å². The van der Waals surface area contributed by atoms with Crippen molar-refractivity contribution in [1.29, 1.82) is 0 Å². The standard InChI is InChI=1S/C12H18ClN3O3S/c1-16-6-14-12(11(16)13)20(18,19)15-10-8-3-2-7(4-8)9(10)5-17/h6-10,15,17H,2-5H2,1H3. The summed E-state index contributed by atoms with van der Waals surface area (Å²) in [4.78, 5) is 3.86. The van der Waals surface area contributed by atoms with Crippen molar-refractivity contribution in [3.63, 3.8) is 0 Å². The van der Waals surface area contributed by atoms with Gasteiger partial charge >= 0.3 is 0 Å². The second kappa shape index (κ2) is 4.98. The minimum Gasteiger partial charge on any atom is -0.396 e. The highest BCUT2D eigenvalue weighted by Crippen LogP contribution is 2.48. The molecule has 0 aromatic carbocycles. The molecule has 2 N–H and O–H groups in total. The number of hydrogen-bond donors (Lipinski definition) is 2. The van der Waals surface area contributed by atoms with Crippen LogP contribution in [0.3, 0.4) is 0 Å². The molecule has 1 aromatic heterocycles. The van der Waals surface area contributed by atoms with E-state index < -0.39 is 10.0 Å². The Morgan fingerprint density at radius 2 is 2.20 bits per heavy atom. The Hall–Kier alpha value is -0.630. The highest BCUT2D eigenvalue weighted by atomic mass is 35.5. The Morgan fingerprint density at radius 3 is 2.80 bits per heavy atom. The third-order valence-corrected chi connectivity index (χ3v) is 6.63. The number of aliphatic hydroxyl groups excluding tert-OH is 1. The SMILES string of the molecule is Cn1cnc(S(=O)(=O)NC2C3CCC(C3)C2CO)c1Cl. The molecular formula is C12H18ClN3O3S. The molecule has 3 rings (SSSR count).